The summed E-state index contributed by atoms with van der Waals surface area (Å²) in [5, 5.41) is 3.31. The monoisotopic (exact) mass is 364 g/mol. The second kappa shape index (κ2) is 8.60. The zero-order valence-corrected chi connectivity index (χ0v) is 15.8. The molecule has 0 saturated carbocycles. The fourth-order valence-corrected chi connectivity index (χ4v) is 2.76. The number of nitrogens with zero attached hydrogens (tertiary/aromatic N) is 2. The lowest BCUT2D eigenvalue weighted by Gasteiger charge is -2.18. The van der Waals surface area contributed by atoms with Crippen LogP contribution in [0.15, 0.2) is 53.5 Å². The Morgan fingerprint density at radius 2 is 1.93 bits per heavy atom. The highest BCUT2D eigenvalue weighted by atomic mass is 16.5. The van der Waals surface area contributed by atoms with E-state index < -0.39 is 0 Å². The van der Waals surface area contributed by atoms with E-state index in [-0.39, 0.29) is 11.7 Å². The average molecular weight is 364 g/mol. The predicted octanol–water partition coefficient (Wildman–Crippen LogP) is 3.64. The Kier molecular flexibility index (Phi) is 5.98. The topological polar surface area (TPSA) is 79.9 Å². The van der Waals surface area contributed by atoms with E-state index in [1.807, 2.05) is 44.2 Å². The lowest BCUT2D eigenvalue weighted by Crippen LogP contribution is -2.16. The zero-order chi connectivity index (χ0) is 19.2. The summed E-state index contributed by atoms with van der Waals surface area (Å²) in [6.07, 6.45) is 1.66. The Morgan fingerprint density at radius 3 is 2.56 bits per heavy atom. The Balaban J connectivity index is 1.71. The van der Waals surface area contributed by atoms with Crippen molar-refractivity contribution in [2.75, 3.05) is 18.5 Å². The summed E-state index contributed by atoms with van der Waals surface area (Å²) >= 11 is 0. The number of aromatic nitrogens is 3. The third-order valence-electron chi connectivity index (χ3n) is 4.44. The molecule has 0 spiro atoms. The third kappa shape index (κ3) is 4.60. The van der Waals surface area contributed by atoms with Gasteiger partial charge in [-0.25, -0.2) is 9.97 Å². The van der Waals surface area contributed by atoms with Crippen molar-refractivity contribution in [3.05, 3.63) is 75.8 Å². The Morgan fingerprint density at radius 1 is 1.15 bits per heavy atom. The van der Waals surface area contributed by atoms with Crippen molar-refractivity contribution in [1.82, 2.24) is 15.0 Å². The molecule has 27 heavy (non-hydrogen) atoms. The molecule has 2 N–H and O–H groups in total. The van der Waals surface area contributed by atoms with Crippen LogP contribution in [0.25, 0.3) is 11.4 Å². The molecule has 1 aromatic carbocycles. The largest absolute Gasteiger partial charge is 0.372 e. The number of benzene rings is 1. The molecular weight excluding hydrogens is 340 g/mol. The molecule has 2 aromatic heterocycles. The van der Waals surface area contributed by atoms with E-state index in [1.54, 1.807) is 13.1 Å². The van der Waals surface area contributed by atoms with Crippen LogP contribution >= 0.6 is 0 Å². The molecule has 0 aliphatic carbocycles. The van der Waals surface area contributed by atoms with Crippen LogP contribution in [0.1, 0.15) is 29.8 Å². The van der Waals surface area contributed by atoms with Crippen molar-refractivity contribution < 1.29 is 4.74 Å². The molecule has 1 unspecified atom stereocenters. The smallest absolute Gasteiger partial charge is 0.254 e. The van der Waals surface area contributed by atoms with Crippen LogP contribution in [0, 0.1) is 13.8 Å². The lowest BCUT2D eigenvalue weighted by molar-refractivity contribution is 0.0718. The standard InChI is InChI=1S/C21H24N4O2/c1-4-27-18(16-8-6-5-7-9-16)13-23-19-11-10-17(12-22-19)20-24-15(3)14(2)21(26)25-20/h5-12,18H,4,13H2,1-3H3,(H,22,23)(H,24,25,26). The van der Waals surface area contributed by atoms with Gasteiger partial charge in [-0.3, -0.25) is 4.79 Å². The van der Waals surface area contributed by atoms with E-state index in [4.69, 9.17) is 4.74 Å². The van der Waals surface area contributed by atoms with Crippen molar-refractivity contribution in [2.24, 2.45) is 0 Å². The van der Waals surface area contributed by atoms with Gasteiger partial charge in [0.25, 0.3) is 5.56 Å². The molecule has 6 heteroatoms. The SMILES string of the molecule is CCOC(CNc1ccc(-c2nc(C)c(C)c(=O)[nH]2)cn1)c1ccccc1. The number of rotatable bonds is 7. The molecule has 3 rings (SSSR count). The van der Waals surface area contributed by atoms with E-state index in [1.165, 1.54) is 0 Å². The minimum Gasteiger partial charge on any atom is -0.372 e. The summed E-state index contributed by atoms with van der Waals surface area (Å²) in [7, 11) is 0. The van der Waals surface area contributed by atoms with Crippen LogP contribution in [-0.4, -0.2) is 28.1 Å². The molecule has 0 bridgehead atoms. The summed E-state index contributed by atoms with van der Waals surface area (Å²) < 4.78 is 5.84. The van der Waals surface area contributed by atoms with Gasteiger partial charge in [0.15, 0.2) is 0 Å². The van der Waals surface area contributed by atoms with E-state index in [2.05, 4.69) is 32.4 Å². The van der Waals surface area contributed by atoms with Crippen LogP contribution in [-0.2, 0) is 4.74 Å². The van der Waals surface area contributed by atoms with Gasteiger partial charge in [-0.2, -0.15) is 0 Å². The summed E-state index contributed by atoms with van der Waals surface area (Å²) in [6.45, 7) is 6.83. The second-order valence-corrected chi connectivity index (χ2v) is 6.29. The maximum atomic E-state index is 11.9. The highest BCUT2D eigenvalue weighted by Gasteiger charge is 2.11. The van der Waals surface area contributed by atoms with Crippen molar-refractivity contribution in [3.8, 4) is 11.4 Å². The summed E-state index contributed by atoms with van der Waals surface area (Å²) in [4.78, 5) is 23.6. The molecule has 0 fully saturated rings. The molecule has 0 saturated heterocycles. The van der Waals surface area contributed by atoms with Gasteiger partial charge in [-0.1, -0.05) is 30.3 Å². The number of aryl methyl sites for hydroxylation is 1. The first-order chi connectivity index (χ1) is 13.1. The van der Waals surface area contributed by atoms with Gasteiger partial charge >= 0.3 is 0 Å². The quantitative estimate of drug-likeness (QED) is 0.669. The molecule has 140 valence electrons. The first kappa shape index (κ1) is 18.8. The number of H-pyrrole nitrogens is 1. The fraction of sp³-hybridized carbons (Fsp3) is 0.286. The molecular formula is C21H24N4O2. The van der Waals surface area contributed by atoms with Gasteiger partial charge in [-0.05, 0) is 38.5 Å². The molecule has 6 nitrogen and oxygen atoms in total. The summed E-state index contributed by atoms with van der Waals surface area (Å²) in [6, 6.07) is 13.9. The molecule has 0 aliphatic heterocycles. The van der Waals surface area contributed by atoms with Gasteiger partial charge in [-0.15, -0.1) is 0 Å². The molecule has 2 heterocycles. The number of aromatic amines is 1. The van der Waals surface area contributed by atoms with Crippen LogP contribution in [0.2, 0.25) is 0 Å². The molecule has 1 atom stereocenters. The Hall–Kier alpha value is -2.99. The summed E-state index contributed by atoms with van der Waals surface area (Å²) in [5.74, 6) is 1.27. The number of hydrogen-bond acceptors (Lipinski definition) is 5. The van der Waals surface area contributed by atoms with Gasteiger partial charge in [0.05, 0.1) is 6.10 Å². The first-order valence-electron chi connectivity index (χ1n) is 9.03. The van der Waals surface area contributed by atoms with Crippen molar-refractivity contribution in [3.63, 3.8) is 0 Å². The third-order valence-corrected chi connectivity index (χ3v) is 4.44. The average Bonchev–Trinajstić information content (AvgIpc) is 2.70. The first-order valence-corrected chi connectivity index (χ1v) is 9.03. The van der Waals surface area contributed by atoms with Crippen molar-refractivity contribution in [1.29, 1.82) is 0 Å². The molecule has 0 aliphatic rings. The Bertz CT molecular complexity index is 937. The van der Waals surface area contributed by atoms with Crippen LogP contribution in [0.3, 0.4) is 0 Å². The van der Waals surface area contributed by atoms with E-state index in [0.29, 0.717) is 24.5 Å². The van der Waals surface area contributed by atoms with E-state index >= 15 is 0 Å². The fourth-order valence-electron chi connectivity index (χ4n) is 2.76. The maximum Gasteiger partial charge on any atom is 0.254 e. The minimum absolute atomic E-state index is 0.0459. The molecule has 3 aromatic rings. The molecule has 0 radical (unpaired) electrons. The van der Waals surface area contributed by atoms with E-state index in [0.717, 1.165) is 22.6 Å². The molecule has 0 amide bonds. The van der Waals surface area contributed by atoms with Gasteiger partial charge in [0, 0.05) is 36.2 Å². The van der Waals surface area contributed by atoms with Gasteiger partial charge in [0.2, 0.25) is 0 Å². The lowest BCUT2D eigenvalue weighted by atomic mass is 10.1. The predicted molar refractivity (Wildman–Crippen MR) is 107 cm³/mol. The highest BCUT2D eigenvalue weighted by molar-refractivity contribution is 5.56. The number of ether oxygens (including phenoxy) is 1. The number of anilines is 1. The number of pyridine rings is 1. The van der Waals surface area contributed by atoms with Crippen molar-refractivity contribution in [2.45, 2.75) is 26.9 Å². The normalized spacial score (nSPS) is 12.0. The number of nitrogens with one attached hydrogen (secondary N) is 2. The van der Waals surface area contributed by atoms with Gasteiger partial charge < -0.3 is 15.0 Å². The zero-order valence-electron chi connectivity index (χ0n) is 15.8. The second-order valence-electron chi connectivity index (χ2n) is 6.29. The van der Waals surface area contributed by atoms with Gasteiger partial charge in [0.1, 0.15) is 11.6 Å². The Labute approximate surface area is 158 Å². The van der Waals surface area contributed by atoms with E-state index in [9.17, 15) is 4.79 Å². The highest BCUT2D eigenvalue weighted by Crippen LogP contribution is 2.19. The maximum absolute atomic E-state index is 11.9. The van der Waals surface area contributed by atoms with Crippen LogP contribution in [0.5, 0.6) is 0 Å². The number of hydrogen-bond donors (Lipinski definition) is 2. The minimum atomic E-state index is -0.123. The summed E-state index contributed by atoms with van der Waals surface area (Å²) in [5.41, 5.74) is 3.12. The van der Waals surface area contributed by atoms with Crippen LogP contribution < -0.4 is 10.9 Å². The van der Waals surface area contributed by atoms with Crippen molar-refractivity contribution >= 4 is 5.82 Å². The van der Waals surface area contributed by atoms with Crippen LogP contribution in [0.4, 0.5) is 5.82 Å².